The van der Waals surface area contributed by atoms with Crippen LogP contribution in [0.3, 0.4) is 0 Å². The van der Waals surface area contributed by atoms with Gasteiger partial charge in [0.1, 0.15) is 5.82 Å². The first-order chi connectivity index (χ1) is 10.8. The third kappa shape index (κ3) is 3.06. The van der Waals surface area contributed by atoms with E-state index in [1.807, 2.05) is 4.90 Å². The van der Waals surface area contributed by atoms with E-state index in [0.717, 1.165) is 32.0 Å². The predicted molar refractivity (Wildman–Crippen MR) is 76.2 cm³/mol. The summed E-state index contributed by atoms with van der Waals surface area (Å²) in [5.74, 6) is -1.15. The third-order valence-corrected chi connectivity index (χ3v) is 4.54. The van der Waals surface area contributed by atoms with Gasteiger partial charge in [0, 0.05) is 25.2 Å². The molecule has 2 aliphatic rings. The molecule has 1 aromatic rings. The topological polar surface area (TPSA) is 32.3 Å². The Labute approximate surface area is 131 Å². The molecule has 3 rings (SSSR count). The first-order valence-corrected chi connectivity index (χ1v) is 7.69. The highest BCUT2D eigenvalue weighted by molar-refractivity contribution is 5.99. The van der Waals surface area contributed by atoms with Gasteiger partial charge < -0.3 is 5.32 Å². The molecule has 0 saturated carbocycles. The van der Waals surface area contributed by atoms with Gasteiger partial charge in [0.25, 0.3) is 5.91 Å². The molecule has 0 unspecified atom stereocenters. The Bertz CT molecular complexity index is 642. The molecule has 126 valence electrons. The second-order valence-corrected chi connectivity index (χ2v) is 6.41. The standard InChI is InChI=1S/C16H18F4N2O/c1-9-3-2-4-22(7-9)8-10-5-12(16(18,19)20)11-6-21-15(23)13(11)14(10)17/h5,9H,2-4,6-8H2,1H3,(H,21,23)/t9-/m0/s1. The second-order valence-electron chi connectivity index (χ2n) is 6.41. The summed E-state index contributed by atoms with van der Waals surface area (Å²) in [4.78, 5) is 13.7. The molecule has 2 aliphatic heterocycles. The fourth-order valence-corrected chi connectivity index (χ4v) is 3.47. The van der Waals surface area contributed by atoms with Crippen LogP contribution in [0.15, 0.2) is 6.07 Å². The average Bonchev–Trinajstić information content (AvgIpc) is 2.83. The van der Waals surface area contributed by atoms with Crippen molar-refractivity contribution in [3.63, 3.8) is 0 Å². The van der Waals surface area contributed by atoms with Crippen LogP contribution in [0.1, 0.15) is 46.8 Å². The van der Waals surface area contributed by atoms with Gasteiger partial charge in [-0.15, -0.1) is 0 Å². The summed E-state index contributed by atoms with van der Waals surface area (Å²) in [6, 6.07) is 0.869. The molecular formula is C16H18F4N2O. The maximum absolute atomic E-state index is 14.6. The smallest absolute Gasteiger partial charge is 0.348 e. The van der Waals surface area contributed by atoms with Crippen LogP contribution in [0.5, 0.6) is 0 Å². The Kier molecular flexibility index (Phi) is 4.08. The zero-order valence-corrected chi connectivity index (χ0v) is 12.8. The molecule has 1 N–H and O–H groups in total. The molecule has 0 spiro atoms. The molecule has 1 amide bonds. The van der Waals surface area contributed by atoms with Gasteiger partial charge in [-0.05, 0) is 36.9 Å². The third-order valence-electron chi connectivity index (χ3n) is 4.54. The molecule has 0 aliphatic carbocycles. The first kappa shape index (κ1) is 16.2. The SMILES string of the molecule is C[C@H]1CCCN(Cc2cc(C(F)(F)F)c3c(c2F)C(=O)NC3)C1. The minimum absolute atomic E-state index is 0.0535. The van der Waals surface area contributed by atoms with Gasteiger partial charge in [-0.2, -0.15) is 13.2 Å². The van der Waals surface area contributed by atoms with Crippen LogP contribution in [0.2, 0.25) is 0 Å². The number of halogens is 4. The van der Waals surface area contributed by atoms with Gasteiger partial charge in [0.2, 0.25) is 0 Å². The van der Waals surface area contributed by atoms with Gasteiger partial charge in [-0.25, -0.2) is 4.39 Å². The van der Waals surface area contributed by atoms with Crippen LogP contribution >= 0.6 is 0 Å². The van der Waals surface area contributed by atoms with E-state index < -0.39 is 29.0 Å². The Hall–Kier alpha value is -1.63. The molecule has 1 fully saturated rings. The Morgan fingerprint density at radius 3 is 2.78 bits per heavy atom. The molecule has 0 bridgehead atoms. The maximum atomic E-state index is 14.6. The molecule has 0 aromatic heterocycles. The zero-order valence-electron chi connectivity index (χ0n) is 12.8. The lowest BCUT2D eigenvalue weighted by molar-refractivity contribution is -0.138. The van der Waals surface area contributed by atoms with E-state index in [0.29, 0.717) is 5.92 Å². The minimum Gasteiger partial charge on any atom is -0.348 e. The summed E-state index contributed by atoms with van der Waals surface area (Å²) in [5, 5.41) is 2.28. The fourth-order valence-electron chi connectivity index (χ4n) is 3.47. The molecule has 7 heteroatoms. The van der Waals surface area contributed by atoms with Gasteiger partial charge in [-0.3, -0.25) is 9.69 Å². The number of benzene rings is 1. The molecule has 1 atom stereocenters. The summed E-state index contributed by atoms with van der Waals surface area (Å²) in [6.07, 6.45) is -2.59. The highest BCUT2D eigenvalue weighted by Gasteiger charge is 2.40. The van der Waals surface area contributed by atoms with Gasteiger partial charge in [0.15, 0.2) is 0 Å². The monoisotopic (exact) mass is 330 g/mol. The van der Waals surface area contributed by atoms with Crippen LogP contribution in [-0.2, 0) is 19.3 Å². The van der Waals surface area contributed by atoms with E-state index in [1.165, 1.54) is 0 Å². The van der Waals surface area contributed by atoms with Crippen LogP contribution in [0.4, 0.5) is 17.6 Å². The van der Waals surface area contributed by atoms with Crippen LogP contribution < -0.4 is 5.32 Å². The number of carbonyl (C=O) groups is 1. The number of fused-ring (bicyclic) bond motifs is 1. The van der Waals surface area contributed by atoms with E-state index in [4.69, 9.17) is 0 Å². The molecule has 2 heterocycles. The number of nitrogens with one attached hydrogen (secondary N) is 1. The molecule has 3 nitrogen and oxygen atoms in total. The largest absolute Gasteiger partial charge is 0.416 e. The number of carbonyl (C=O) groups excluding carboxylic acids is 1. The minimum atomic E-state index is -4.60. The molecule has 23 heavy (non-hydrogen) atoms. The van der Waals surface area contributed by atoms with Crippen molar-refractivity contribution in [3.8, 4) is 0 Å². The maximum Gasteiger partial charge on any atom is 0.416 e. The van der Waals surface area contributed by atoms with E-state index in [1.54, 1.807) is 0 Å². The number of rotatable bonds is 2. The van der Waals surface area contributed by atoms with Crippen molar-refractivity contribution in [3.05, 3.63) is 34.1 Å². The van der Waals surface area contributed by atoms with E-state index in [-0.39, 0.29) is 24.2 Å². The lowest BCUT2D eigenvalue weighted by Crippen LogP contribution is -2.34. The van der Waals surface area contributed by atoms with E-state index in [9.17, 15) is 22.4 Å². The highest BCUT2D eigenvalue weighted by Crippen LogP contribution is 2.38. The first-order valence-electron chi connectivity index (χ1n) is 7.69. The summed E-state index contributed by atoms with van der Waals surface area (Å²) in [7, 11) is 0. The van der Waals surface area contributed by atoms with Crippen molar-refractivity contribution in [1.82, 2.24) is 10.2 Å². The van der Waals surface area contributed by atoms with Crippen molar-refractivity contribution in [2.75, 3.05) is 13.1 Å². The number of nitrogens with zero attached hydrogens (tertiary/aromatic N) is 1. The summed E-state index contributed by atoms with van der Waals surface area (Å²) < 4.78 is 54.3. The summed E-state index contributed by atoms with van der Waals surface area (Å²) >= 11 is 0. The van der Waals surface area contributed by atoms with Gasteiger partial charge in [0.05, 0.1) is 11.1 Å². The van der Waals surface area contributed by atoms with Crippen LogP contribution in [-0.4, -0.2) is 23.9 Å². The number of hydrogen-bond acceptors (Lipinski definition) is 2. The van der Waals surface area contributed by atoms with Crippen molar-refractivity contribution in [2.24, 2.45) is 5.92 Å². The lowest BCUT2D eigenvalue weighted by atomic mass is 9.96. The Morgan fingerprint density at radius 2 is 2.13 bits per heavy atom. The number of hydrogen-bond donors (Lipinski definition) is 1. The lowest BCUT2D eigenvalue weighted by Gasteiger charge is -2.31. The number of piperidine rings is 1. The Morgan fingerprint density at radius 1 is 1.39 bits per heavy atom. The zero-order chi connectivity index (χ0) is 16.8. The number of amides is 1. The van der Waals surface area contributed by atoms with Crippen molar-refractivity contribution in [2.45, 2.75) is 39.0 Å². The van der Waals surface area contributed by atoms with Crippen LogP contribution in [0, 0.1) is 11.7 Å². The highest BCUT2D eigenvalue weighted by atomic mass is 19.4. The average molecular weight is 330 g/mol. The fraction of sp³-hybridized carbons (Fsp3) is 0.562. The number of alkyl halides is 3. The summed E-state index contributed by atoms with van der Waals surface area (Å²) in [6.45, 7) is 3.35. The van der Waals surface area contributed by atoms with E-state index >= 15 is 0 Å². The van der Waals surface area contributed by atoms with Gasteiger partial charge >= 0.3 is 6.18 Å². The molecule has 1 saturated heterocycles. The van der Waals surface area contributed by atoms with Crippen molar-refractivity contribution in [1.29, 1.82) is 0 Å². The van der Waals surface area contributed by atoms with Crippen LogP contribution in [0.25, 0.3) is 0 Å². The summed E-state index contributed by atoms with van der Waals surface area (Å²) in [5.41, 5.74) is -1.69. The van der Waals surface area contributed by atoms with E-state index in [2.05, 4.69) is 12.2 Å². The predicted octanol–water partition coefficient (Wildman–Crippen LogP) is 3.32. The second kappa shape index (κ2) is 5.78. The number of likely N-dealkylation sites (tertiary alicyclic amines) is 1. The van der Waals surface area contributed by atoms with Gasteiger partial charge in [-0.1, -0.05) is 6.92 Å². The molecular weight excluding hydrogens is 312 g/mol. The molecule has 1 aromatic carbocycles. The molecule has 0 radical (unpaired) electrons. The van der Waals surface area contributed by atoms with Crippen molar-refractivity contribution < 1.29 is 22.4 Å². The quantitative estimate of drug-likeness (QED) is 0.844. The Balaban J connectivity index is 2.00. The van der Waals surface area contributed by atoms with Crippen molar-refractivity contribution >= 4 is 5.91 Å². The normalized spacial score (nSPS) is 22.1.